The van der Waals surface area contributed by atoms with Crippen LogP contribution in [0.15, 0.2) is 46.9 Å². The zero-order valence-electron chi connectivity index (χ0n) is 15.2. The highest BCUT2D eigenvalue weighted by molar-refractivity contribution is 5.92. The third-order valence-electron chi connectivity index (χ3n) is 4.74. The van der Waals surface area contributed by atoms with Crippen molar-refractivity contribution < 1.29 is 18.7 Å². The normalized spacial score (nSPS) is 17.9. The van der Waals surface area contributed by atoms with Crippen LogP contribution >= 0.6 is 0 Å². The van der Waals surface area contributed by atoms with Gasteiger partial charge in [0.15, 0.2) is 5.76 Å². The zero-order chi connectivity index (χ0) is 18.5. The number of hydrogen-bond donors (Lipinski definition) is 0. The van der Waals surface area contributed by atoms with E-state index in [4.69, 9.17) is 9.15 Å². The summed E-state index contributed by atoms with van der Waals surface area (Å²) in [6.45, 7) is 3.49. The van der Waals surface area contributed by atoms with E-state index in [-0.39, 0.29) is 23.6 Å². The van der Waals surface area contributed by atoms with E-state index < -0.39 is 0 Å². The van der Waals surface area contributed by atoms with Gasteiger partial charge in [0.25, 0.3) is 11.9 Å². The maximum absolute atomic E-state index is 12.8. The molecule has 1 saturated heterocycles. The van der Waals surface area contributed by atoms with Crippen LogP contribution in [0.3, 0.4) is 0 Å². The summed E-state index contributed by atoms with van der Waals surface area (Å²) in [5, 5.41) is 0. The molecule has 0 bridgehead atoms. The molecule has 3 rings (SSSR count). The van der Waals surface area contributed by atoms with E-state index in [0.29, 0.717) is 32.0 Å². The highest BCUT2D eigenvalue weighted by atomic mass is 16.6. The van der Waals surface area contributed by atoms with Gasteiger partial charge in [0.2, 0.25) is 5.91 Å². The first-order valence-electron chi connectivity index (χ1n) is 8.89. The predicted octanol–water partition coefficient (Wildman–Crippen LogP) is 2.94. The minimum Gasteiger partial charge on any atom is -0.468 e. The lowest BCUT2D eigenvalue weighted by Gasteiger charge is -2.31. The molecule has 0 spiro atoms. The highest BCUT2D eigenvalue weighted by Gasteiger charge is 2.32. The Labute approximate surface area is 153 Å². The van der Waals surface area contributed by atoms with Gasteiger partial charge in [-0.05, 0) is 18.1 Å². The minimum atomic E-state index is -0.207. The minimum absolute atomic E-state index is 0.0222. The van der Waals surface area contributed by atoms with Crippen LogP contribution in [0, 0.1) is 0 Å². The highest BCUT2D eigenvalue weighted by Crippen LogP contribution is 2.21. The lowest BCUT2D eigenvalue weighted by Crippen LogP contribution is -2.43. The second-order valence-electron chi connectivity index (χ2n) is 6.39. The van der Waals surface area contributed by atoms with E-state index in [1.165, 1.54) is 7.11 Å². The van der Waals surface area contributed by atoms with Crippen molar-refractivity contribution in [2.75, 3.05) is 20.2 Å². The number of rotatable bonds is 5. The molecule has 0 N–H and O–H groups in total. The number of furan rings is 1. The Hall–Kier alpha value is -2.76. The Morgan fingerprint density at radius 1 is 1.23 bits per heavy atom. The largest absolute Gasteiger partial charge is 0.468 e. The van der Waals surface area contributed by atoms with Crippen molar-refractivity contribution in [1.82, 2.24) is 9.80 Å². The number of amides is 2. The molecule has 2 amide bonds. The maximum atomic E-state index is 12.8. The quantitative estimate of drug-likeness (QED) is 0.826. The monoisotopic (exact) mass is 356 g/mol. The average molecular weight is 356 g/mol. The van der Waals surface area contributed by atoms with Gasteiger partial charge in [-0.2, -0.15) is 0 Å². The summed E-state index contributed by atoms with van der Waals surface area (Å²) in [5.74, 6) is 0.409. The number of ether oxygens (including phenoxy) is 1. The molecule has 0 aliphatic carbocycles. The third-order valence-corrected chi connectivity index (χ3v) is 4.74. The SMILES string of the molecule is CC[C@@H]1CN(C(=O)c2ccc(OC)o2)CCC(=O)N1Cc1ccccc1. The molecule has 0 radical (unpaired) electrons. The van der Waals surface area contributed by atoms with Gasteiger partial charge >= 0.3 is 0 Å². The fraction of sp³-hybridized carbons (Fsp3) is 0.400. The molecule has 6 nitrogen and oxygen atoms in total. The fourth-order valence-electron chi connectivity index (χ4n) is 3.25. The molecule has 2 aromatic rings. The Morgan fingerprint density at radius 2 is 2.00 bits per heavy atom. The molecule has 26 heavy (non-hydrogen) atoms. The van der Waals surface area contributed by atoms with Crippen LogP contribution in [0.2, 0.25) is 0 Å². The maximum Gasteiger partial charge on any atom is 0.289 e. The summed E-state index contributed by atoms with van der Waals surface area (Å²) >= 11 is 0. The van der Waals surface area contributed by atoms with Crippen molar-refractivity contribution in [1.29, 1.82) is 0 Å². The van der Waals surface area contributed by atoms with Gasteiger partial charge in [-0.3, -0.25) is 9.59 Å². The molecule has 1 atom stereocenters. The molecule has 6 heteroatoms. The molecular weight excluding hydrogens is 332 g/mol. The van der Waals surface area contributed by atoms with Crippen LogP contribution in [0.4, 0.5) is 0 Å². The van der Waals surface area contributed by atoms with Crippen molar-refractivity contribution >= 4 is 11.8 Å². The van der Waals surface area contributed by atoms with Gasteiger partial charge < -0.3 is 19.0 Å². The summed E-state index contributed by atoms with van der Waals surface area (Å²) in [7, 11) is 1.49. The number of carbonyl (C=O) groups excluding carboxylic acids is 2. The van der Waals surface area contributed by atoms with Gasteiger partial charge in [-0.15, -0.1) is 0 Å². The van der Waals surface area contributed by atoms with Crippen LogP contribution in [0.5, 0.6) is 5.95 Å². The van der Waals surface area contributed by atoms with E-state index in [0.717, 1.165) is 12.0 Å². The van der Waals surface area contributed by atoms with Crippen molar-refractivity contribution in [3.8, 4) is 5.95 Å². The zero-order valence-corrected chi connectivity index (χ0v) is 15.2. The molecule has 1 aliphatic heterocycles. The van der Waals surface area contributed by atoms with Crippen molar-refractivity contribution in [3.05, 3.63) is 53.8 Å². The molecule has 0 unspecified atom stereocenters. The number of carbonyl (C=O) groups is 2. The first-order valence-corrected chi connectivity index (χ1v) is 8.89. The predicted molar refractivity (Wildman–Crippen MR) is 96.9 cm³/mol. The van der Waals surface area contributed by atoms with E-state index in [9.17, 15) is 9.59 Å². The summed E-state index contributed by atoms with van der Waals surface area (Å²) in [5.41, 5.74) is 1.09. The summed E-state index contributed by atoms with van der Waals surface area (Å²) < 4.78 is 10.4. The molecule has 1 aromatic heterocycles. The lowest BCUT2D eigenvalue weighted by atomic mass is 10.1. The second kappa shape index (κ2) is 8.08. The van der Waals surface area contributed by atoms with Gasteiger partial charge in [0.1, 0.15) is 0 Å². The first kappa shape index (κ1) is 18.0. The lowest BCUT2D eigenvalue weighted by molar-refractivity contribution is -0.133. The van der Waals surface area contributed by atoms with E-state index >= 15 is 0 Å². The van der Waals surface area contributed by atoms with Crippen LogP contribution in [0.25, 0.3) is 0 Å². The molecule has 138 valence electrons. The van der Waals surface area contributed by atoms with Crippen LogP contribution in [-0.4, -0.2) is 47.9 Å². The average Bonchev–Trinajstić information content (AvgIpc) is 3.10. The van der Waals surface area contributed by atoms with Crippen LogP contribution in [-0.2, 0) is 11.3 Å². The Balaban J connectivity index is 1.76. The van der Waals surface area contributed by atoms with Crippen molar-refractivity contribution in [2.24, 2.45) is 0 Å². The van der Waals surface area contributed by atoms with Gasteiger partial charge in [0, 0.05) is 38.2 Å². The van der Waals surface area contributed by atoms with Gasteiger partial charge in [0.05, 0.1) is 7.11 Å². The molecule has 1 aromatic carbocycles. The number of methoxy groups -OCH3 is 1. The van der Waals surface area contributed by atoms with Crippen LogP contribution < -0.4 is 4.74 Å². The van der Waals surface area contributed by atoms with Crippen molar-refractivity contribution in [2.45, 2.75) is 32.4 Å². The van der Waals surface area contributed by atoms with Crippen molar-refractivity contribution in [3.63, 3.8) is 0 Å². The molecule has 0 saturated carbocycles. The number of nitrogens with zero attached hydrogens (tertiary/aromatic N) is 2. The van der Waals surface area contributed by atoms with Gasteiger partial charge in [-0.1, -0.05) is 37.3 Å². The Morgan fingerprint density at radius 3 is 2.65 bits per heavy atom. The first-order chi connectivity index (χ1) is 12.6. The number of benzene rings is 1. The summed E-state index contributed by atoms with van der Waals surface area (Å²) in [6.07, 6.45) is 1.09. The molecule has 2 heterocycles. The summed E-state index contributed by atoms with van der Waals surface area (Å²) in [4.78, 5) is 29.0. The Kier molecular flexibility index (Phi) is 5.61. The van der Waals surface area contributed by atoms with E-state index in [2.05, 4.69) is 0 Å². The topological polar surface area (TPSA) is 63.0 Å². The fourth-order valence-corrected chi connectivity index (χ4v) is 3.25. The standard InChI is InChI=1S/C20H24N2O4/c1-3-16-14-21(20(24)17-9-10-19(25-2)26-17)12-11-18(23)22(16)13-15-7-5-4-6-8-15/h4-10,16H,3,11-14H2,1-2H3/t16-/m1/s1. The van der Waals surface area contributed by atoms with Crippen LogP contribution in [0.1, 0.15) is 35.9 Å². The van der Waals surface area contributed by atoms with E-state index in [1.807, 2.05) is 42.2 Å². The molecule has 1 aliphatic rings. The Bertz CT molecular complexity index is 756. The molecular formula is C20H24N2O4. The molecule has 1 fully saturated rings. The van der Waals surface area contributed by atoms with Gasteiger partial charge in [-0.25, -0.2) is 0 Å². The summed E-state index contributed by atoms with van der Waals surface area (Å²) in [6, 6.07) is 13.1. The number of hydrogen-bond acceptors (Lipinski definition) is 4. The second-order valence-corrected chi connectivity index (χ2v) is 6.39. The smallest absolute Gasteiger partial charge is 0.289 e. The van der Waals surface area contributed by atoms with E-state index in [1.54, 1.807) is 17.0 Å². The third kappa shape index (κ3) is 3.90.